The predicted molar refractivity (Wildman–Crippen MR) is 49.6 cm³/mol. The molecule has 0 saturated heterocycles. The number of carboxylic acids is 1. The van der Waals surface area contributed by atoms with Crippen LogP contribution in [0, 0.1) is 0 Å². The molecule has 0 bridgehead atoms. The van der Waals surface area contributed by atoms with Crippen molar-refractivity contribution in [3.63, 3.8) is 0 Å². The fourth-order valence-electron chi connectivity index (χ4n) is 0.613. The highest BCUT2D eigenvalue weighted by Gasteiger charge is 2.26. The molecule has 0 aliphatic rings. The molecular formula is C8H16N2O4. The molecule has 0 saturated carbocycles. The third-order valence-corrected chi connectivity index (χ3v) is 1.35. The van der Waals surface area contributed by atoms with Crippen molar-refractivity contribution in [1.29, 1.82) is 0 Å². The van der Waals surface area contributed by atoms with Gasteiger partial charge in [-0.3, -0.25) is 4.90 Å². The molecule has 0 aromatic heterocycles. The second-order valence-corrected chi connectivity index (χ2v) is 3.87. The summed E-state index contributed by atoms with van der Waals surface area (Å²) in [6.45, 7) is 5.06. The maximum Gasteiger partial charge on any atom is 0.411 e. The molecule has 0 rings (SSSR count). The predicted octanol–water partition coefficient (Wildman–Crippen LogP) is 0.223. The number of carbonyl (C=O) groups is 2. The molecule has 0 heterocycles. The van der Waals surface area contributed by atoms with E-state index in [2.05, 4.69) is 0 Å². The fraction of sp³-hybridized carbons (Fsp3) is 0.750. The summed E-state index contributed by atoms with van der Waals surface area (Å²) < 4.78 is 4.91. The SMILES string of the molecule is CN(C(=O)OC(C)(C)C)C(N)C(=O)O. The molecule has 6 heteroatoms. The Labute approximate surface area is 82.6 Å². The van der Waals surface area contributed by atoms with Gasteiger partial charge in [-0.15, -0.1) is 0 Å². The maximum atomic E-state index is 11.3. The number of ether oxygens (including phenoxy) is 1. The van der Waals surface area contributed by atoms with Crippen LogP contribution in [-0.2, 0) is 9.53 Å². The van der Waals surface area contributed by atoms with Crippen LogP contribution in [0.1, 0.15) is 20.8 Å². The first kappa shape index (κ1) is 12.7. The average molecular weight is 204 g/mol. The standard InChI is InChI=1S/C8H16N2O4/c1-8(2,3)14-7(13)10(4)5(9)6(11)12/h5H,9H2,1-4H3,(H,11,12). The van der Waals surface area contributed by atoms with Gasteiger partial charge in [0.25, 0.3) is 0 Å². The zero-order valence-corrected chi connectivity index (χ0v) is 8.77. The fourth-order valence-corrected chi connectivity index (χ4v) is 0.613. The quantitative estimate of drug-likeness (QED) is 0.628. The van der Waals surface area contributed by atoms with Gasteiger partial charge in [0.05, 0.1) is 0 Å². The summed E-state index contributed by atoms with van der Waals surface area (Å²) in [6.07, 6.45) is -2.14. The summed E-state index contributed by atoms with van der Waals surface area (Å²) in [5.41, 5.74) is 4.54. The van der Waals surface area contributed by atoms with Crippen molar-refractivity contribution in [2.75, 3.05) is 7.05 Å². The van der Waals surface area contributed by atoms with E-state index < -0.39 is 23.8 Å². The minimum Gasteiger partial charge on any atom is -0.479 e. The molecule has 1 amide bonds. The van der Waals surface area contributed by atoms with Crippen LogP contribution in [0.3, 0.4) is 0 Å². The minimum absolute atomic E-state index is 0.663. The highest BCUT2D eigenvalue weighted by Crippen LogP contribution is 2.09. The lowest BCUT2D eigenvalue weighted by Crippen LogP contribution is -2.49. The number of hydrogen-bond acceptors (Lipinski definition) is 4. The van der Waals surface area contributed by atoms with E-state index in [4.69, 9.17) is 15.6 Å². The molecule has 1 unspecified atom stereocenters. The lowest BCUT2D eigenvalue weighted by Gasteiger charge is -2.26. The van der Waals surface area contributed by atoms with Gasteiger partial charge in [-0.05, 0) is 20.8 Å². The van der Waals surface area contributed by atoms with E-state index in [0.29, 0.717) is 0 Å². The summed E-state index contributed by atoms with van der Waals surface area (Å²) in [5.74, 6) is -1.28. The minimum atomic E-state index is -1.38. The van der Waals surface area contributed by atoms with Gasteiger partial charge in [-0.2, -0.15) is 0 Å². The molecule has 3 N–H and O–H groups in total. The lowest BCUT2D eigenvalue weighted by molar-refractivity contribution is -0.142. The van der Waals surface area contributed by atoms with Crippen LogP contribution in [0.15, 0.2) is 0 Å². The zero-order chi connectivity index (χ0) is 11.5. The number of nitrogens with zero attached hydrogens (tertiary/aromatic N) is 1. The molecule has 0 radical (unpaired) electrons. The van der Waals surface area contributed by atoms with Crippen LogP contribution in [-0.4, -0.2) is 40.9 Å². The van der Waals surface area contributed by atoms with Crippen molar-refractivity contribution in [1.82, 2.24) is 4.90 Å². The first-order chi connectivity index (χ1) is 6.15. The van der Waals surface area contributed by atoms with Gasteiger partial charge in [0, 0.05) is 7.05 Å². The van der Waals surface area contributed by atoms with E-state index in [1.165, 1.54) is 7.05 Å². The van der Waals surface area contributed by atoms with Gasteiger partial charge in [-0.1, -0.05) is 0 Å². The summed E-state index contributed by atoms with van der Waals surface area (Å²) in [6, 6.07) is 0. The number of carboxylic acid groups (broad SMARTS) is 1. The van der Waals surface area contributed by atoms with Crippen molar-refractivity contribution in [2.45, 2.75) is 32.5 Å². The first-order valence-corrected chi connectivity index (χ1v) is 4.09. The van der Waals surface area contributed by atoms with Gasteiger partial charge in [0.15, 0.2) is 6.17 Å². The Kier molecular flexibility index (Phi) is 3.88. The lowest BCUT2D eigenvalue weighted by atomic mass is 10.2. The van der Waals surface area contributed by atoms with Crippen LogP contribution in [0.5, 0.6) is 0 Å². The molecule has 6 nitrogen and oxygen atoms in total. The molecule has 0 aliphatic carbocycles. The van der Waals surface area contributed by atoms with Gasteiger partial charge in [0.1, 0.15) is 5.60 Å². The highest BCUT2D eigenvalue weighted by molar-refractivity contribution is 5.79. The van der Waals surface area contributed by atoms with E-state index in [0.717, 1.165) is 4.90 Å². The third-order valence-electron chi connectivity index (χ3n) is 1.35. The number of likely N-dealkylation sites (N-methyl/N-ethyl adjacent to an activating group) is 1. The maximum absolute atomic E-state index is 11.3. The molecule has 1 atom stereocenters. The monoisotopic (exact) mass is 204 g/mol. The Morgan fingerprint density at radius 1 is 1.43 bits per heavy atom. The molecular weight excluding hydrogens is 188 g/mol. The number of carbonyl (C=O) groups excluding carboxylic acids is 1. The van der Waals surface area contributed by atoms with E-state index in [9.17, 15) is 9.59 Å². The Morgan fingerprint density at radius 3 is 2.14 bits per heavy atom. The summed E-state index contributed by atoms with van der Waals surface area (Å²) in [7, 11) is 1.27. The van der Waals surface area contributed by atoms with Crippen LogP contribution >= 0.6 is 0 Å². The van der Waals surface area contributed by atoms with E-state index in [1.807, 2.05) is 0 Å². The van der Waals surface area contributed by atoms with Crippen LogP contribution in [0.25, 0.3) is 0 Å². The van der Waals surface area contributed by atoms with Crippen molar-refractivity contribution in [3.8, 4) is 0 Å². The average Bonchev–Trinajstić information content (AvgIpc) is 1.98. The highest BCUT2D eigenvalue weighted by atomic mass is 16.6. The Morgan fingerprint density at radius 2 is 1.86 bits per heavy atom. The summed E-state index contributed by atoms with van der Waals surface area (Å²) >= 11 is 0. The largest absolute Gasteiger partial charge is 0.479 e. The van der Waals surface area contributed by atoms with E-state index >= 15 is 0 Å². The second kappa shape index (κ2) is 4.28. The molecule has 0 spiro atoms. The van der Waals surface area contributed by atoms with Crippen molar-refractivity contribution in [2.24, 2.45) is 5.73 Å². The van der Waals surface area contributed by atoms with E-state index in [1.54, 1.807) is 20.8 Å². The summed E-state index contributed by atoms with van der Waals surface area (Å²) in [4.78, 5) is 22.5. The Hall–Kier alpha value is -1.30. The van der Waals surface area contributed by atoms with Crippen LogP contribution < -0.4 is 5.73 Å². The van der Waals surface area contributed by atoms with Crippen molar-refractivity contribution < 1.29 is 19.4 Å². The second-order valence-electron chi connectivity index (χ2n) is 3.87. The Bertz CT molecular complexity index is 234. The number of nitrogens with two attached hydrogens (primary N) is 1. The molecule has 0 aliphatic heterocycles. The number of aliphatic carboxylic acids is 1. The molecule has 0 aromatic carbocycles. The number of rotatable bonds is 2. The van der Waals surface area contributed by atoms with Gasteiger partial charge < -0.3 is 15.6 Å². The van der Waals surface area contributed by atoms with Crippen LogP contribution in [0.2, 0.25) is 0 Å². The first-order valence-electron chi connectivity index (χ1n) is 4.09. The van der Waals surface area contributed by atoms with Crippen molar-refractivity contribution in [3.05, 3.63) is 0 Å². The number of hydrogen-bond donors (Lipinski definition) is 2. The number of amides is 1. The van der Waals surface area contributed by atoms with Crippen molar-refractivity contribution >= 4 is 12.1 Å². The topological polar surface area (TPSA) is 92.9 Å². The van der Waals surface area contributed by atoms with Crippen LogP contribution in [0.4, 0.5) is 4.79 Å². The zero-order valence-electron chi connectivity index (χ0n) is 8.77. The molecule has 0 fully saturated rings. The summed E-state index contributed by atoms with van der Waals surface area (Å²) in [5, 5.41) is 8.53. The smallest absolute Gasteiger partial charge is 0.411 e. The normalized spacial score (nSPS) is 13.2. The Balaban J connectivity index is 4.33. The van der Waals surface area contributed by atoms with Gasteiger partial charge in [-0.25, -0.2) is 9.59 Å². The molecule has 82 valence electrons. The van der Waals surface area contributed by atoms with E-state index in [-0.39, 0.29) is 0 Å². The third kappa shape index (κ3) is 4.08. The van der Waals surface area contributed by atoms with Gasteiger partial charge in [0.2, 0.25) is 0 Å². The molecule has 14 heavy (non-hydrogen) atoms. The molecule has 0 aromatic rings. The van der Waals surface area contributed by atoms with Gasteiger partial charge >= 0.3 is 12.1 Å².